The van der Waals surface area contributed by atoms with E-state index < -0.39 is 12.1 Å². The normalized spacial score (nSPS) is 16.2. The van der Waals surface area contributed by atoms with Crippen LogP contribution in [0.2, 0.25) is 0 Å². The van der Waals surface area contributed by atoms with Crippen LogP contribution < -0.4 is 26.3 Å². The van der Waals surface area contributed by atoms with Gasteiger partial charge in [-0.25, -0.2) is 0 Å². The van der Waals surface area contributed by atoms with Crippen LogP contribution in [0.25, 0.3) is 0 Å². The second-order valence-corrected chi connectivity index (χ2v) is 8.01. The van der Waals surface area contributed by atoms with Crippen LogP contribution in [0.15, 0.2) is 42.5 Å². The molecule has 0 saturated carbocycles. The van der Waals surface area contributed by atoms with E-state index in [4.69, 9.17) is 26.4 Å². The first-order chi connectivity index (χ1) is 15.8. The van der Waals surface area contributed by atoms with Crippen molar-refractivity contribution in [2.45, 2.75) is 37.9 Å². The molecule has 0 radical (unpaired) electrons. The number of nitrogens with zero attached hydrogens (tertiary/aromatic N) is 1. The first-order valence-corrected chi connectivity index (χ1v) is 10.8. The van der Waals surface area contributed by atoms with Gasteiger partial charge in [0.25, 0.3) is 0 Å². The molecule has 2 amide bonds. The van der Waals surface area contributed by atoms with Crippen molar-refractivity contribution in [1.82, 2.24) is 10.2 Å². The molecule has 1 heterocycles. The molecule has 0 aliphatic carbocycles. The molecule has 0 spiro atoms. The van der Waals surface area contributed by atoms with Gasteiger partial charge in [0.15, 0.2) is 0 Å². The highest BCUT2D eigenvalue weighted by Crippen LogP contribution is 2.22. The third-order valence-electron chi connectivity index (χ3n) is 5.82. The molecule has 9 heteroatoms. The van der Waals surface area contributed by atoms with Gasteiger partial charge >= 0.3 is 0 Å². The van der Waals surface area contributed by atoms with Crippen LogP contribution in [0.3, 0.4) is 0 Å². The second-order valence-electron chi connectivity index (χ2n) is 8.01. The van der Waals surface area contributed by atoms with Gasteiger partial charge in [0.05, 0.1) is 20.3 Å². The average Bonchev–Trinajstić information content (AvgIpc) is 3.32. The molecule has 0 aromatic heterocycles. The number of amides is 2. The van der Waals surface area contributed by atoms with E-state index in [1.165, 1.54) is 7.11 Å². The Morgan fingerprint density at radius 3 is 2.55 bits per heavy atom. The average molecular weight is 454 g/mol. The molecule has 176 valence electrons. The molecule has 6 N–H and O–H groups in total. The van der Waals surface area contributed by atoms with Crippen LogP contribution in [0.4, 0.5) is 0 Å². The summed E-state index contributed by atoms with van der Waals surface area (Å²) >= 11 is 0. The van der Waals surface area contributed by atoms with E-state index in [1.807, 2.05) is 24.3 Å². The Bertz CT molecular complexity index is 1010. The van der Waals surface area contributed by atoms with E-state index in [2.05, 4.69) is 5.32 Å². The molecule has 33 heavy (non-hydrogen) atoms. The van der Waals surface area contributed by atoms with Crippen molar-refractivity contribution < 1.29 is 19.1 Å². The lowest BCUT2D eigenvalue weighted by Gasteiger charge is -2.27. The Morgan fingerprint density at radius 1 is 1.18 bits per heavy atom. The zero-order valence-corrected chi connectivity index (χ0v) is 19.0. The van der Waals surface area contributed by atoms with Gasteiger partial charge in [-0.15, -0.1) is 0 Å². The molecule has 1 fully saturated rings. The molecule has 2 atom stereocenters. The van der Waals surface area contributed by atoms with Gasteiger partial charge in [0.1, 0.15) is 23.4 Å². The summed E-state index contributed by atoms with van der Waals surface area (Å²) in [6.45, 7) is 0.737. The number of ether oxygens (including phenoxy) is 2. The van der Waals surface area contributed by atoms with Gasteiger partial charge in [-0.2, -0.15) is 0 Å². The minimum atomic E-state index is -0.731. The van der Waals surface area contributed by atoms with Crippen molar-refractivity contribution in [2.75, 3.05) is 20.8 Å². The zero-order valence-electron chi connectivity index (χ0n) is 19.0. The van der Waals surface area contributed by atoms with Gasteiger partial charge in [0, 0.05) is 24.2 Å². The minimum Gasteiger partial charge on any atom is -0.497 e. The van der Waals surface area contributed by atoms with Crippen molar-refractivity contribution >= 4 is 17.6 Å². The molecule has 0 unspecified atom stereocenters. The highest BCUT2D eigenvalue weighted by Gasteiger charge is 2.36. The van der Waals surface area contributed by atoms with E-state index in [-0.39, 0.29) is 24.2 Å². The maximum Gasteiger partial charge on any atom is 0.243 e. The molecule has 1 aliphatic rings. The summed E-state index contributed by atoms with van der Waals surface area (Å²) in [6, 6.07) is 11.3. The second kappa shape index (κ2) is 10.8. The number of amidine groups is 1. The minimum absolute atomic E-state index is 0.0602. The maximum atomic E-state index is 13.0. The fourth-order valence-corrected chi connectivity index (χ4v) is 3.98. The van der Waals surface area contributed by atoms with Crippen molar-refractivity contribution in [2.24, 2.45) is 11.5 Å². The van der Waals surface area contributed by atoms with Gasteiger partial charge in [-0.1, -0.05) is 24.3 Å². The third kappa shape index (κ3) is 5.81. The number of carbonyl (C=O) groups is 2. The SMILES string of the molecule is COc1ccc(C[C@H](N)C(=O)N2CCC[C@H]2C(=O)NCc2ccc(C(=N)N)cc2OC)cc1. The van der Waals surface area contributed by atoms with E-state index in [0.29, 0.717) is 30.7 Å². The first-order valence-electron chi connectivity index (χ1n) is 10.8. The number of nitrogens with one attached hydrogen (secondary N) is 2. The monoisotopic (exact) mass is 453 g/mol. The van der Waals surface area contributed by atoms with Crippen LogP contribution in [0.1, 0.15) is 29.5 Å². The largest absolute Gasteiger partial charge is 0.497 e. The number of nitrogen functional groups attached to an aromatic ring is 1. The van der Waals surface area contributed by atoms with Gasteiger partial charge in [-0.05, 0) is 43.0 Å². The summed E-state index contributed by atoms with van der Waals surface area (Å²) in [5.74, 6) is 0.753. The number of hydrogen-bond donors (Lipinski definition) is 4. The van der Waals surface area contributed by atoms with E-state index in [9.17, 15) is 9.59 Å². The van der Waals surface area contributed by atoms with E-state index in [1.54, 1.807) is 30.2 Å². The number of carbonyl (C=O) groups excluding carboxylic acids is 2. The summed E-state index contributed by atoms with van der Waals surface area (Å²) < 4.78 is 10.5. The number of hydrogen-bond acceptors (Lipinski definition) is 6. The van der Waals surface area contributed by atoms with Crippen molar-refractivity contribution in [1.29, 1.82) is 5.41 Å². The van der Waals surface area contributed by atoms with Crippen LogP contribution >= 0.6 is 0 Å². The van der Waals surface area contributed by atoms with E-state index >= 15 is 0 Å². The Labute approximate surface area is 193 Å². The summed E-state index contributed by atoms with van der Waals surface area (Å²) in [6.07, 6.45) is 1.72. The summed E-state index contributed by atoms with van der Waals surface area (Å²) in [5, 5.41) is 10.4. The lowest BCUT2D eigenvalue weighted by molar-refractivity contribution is -0.139. The van der Waals surface area contributed by atoms with Gasteiger partial charge in [0.2, 0.25) is 11.8 Å². The Morgan fingerprint density at radius 2 is 1.91 bits per heavy atom. The number of nitrogens with two attached hydrogens (primary N) is 2. The third-order valence-corrected chi connectivity index (χ3v) is 5.82. The smallest absolute Gasteiger partial charge is 0.243 e. The highest BCUT2D eigenvalue weighted by molar-refractivity contribution is 5.95. The topological polar surface area (TPSA) is 144 Å². The predicted octanol–water partition coefficient (Wildman–Crippen LogP) is 1.17. The molecular formula is C24H31N5O4. The molecule has 3 rings (SSSR count). The zero-order chi connectivity index (χ0) is 24.0. The molecule has 2 aromatic rings. The molecular weight excluding hydrogens is 422 g/mol. The quantitative estimate of drug-likeness (QED) is 0.331. The fraction of sp³-hybridized carbons (Fsp3) is 0.375. The summed E-state index contributed by atoms with van der Waals surface area (Å²) in [5.41, 5.74) is 14.0. The molecule has 9 nitrogen and oxygen atoms in total. The lowest BCUT2D eigenvalue weighted by Crippen LogP contribution is -2.51. The van der Waals surface area contributed by atoms with Crippen LogP contribution in [-0.4, -0.2) is 55.4 Å². The Kier molecular flexibility index (Phi) is 7.89. The van der Waals surface area contributed by atoms with Crippen LogP contribution in [-0.2, 0) is 22.6 Å². The molecule has 1 aliphatic heterocycles. The molecule has 2 aromatic carbocycles. The molecule has 0 bridgehead atoms. The van der Waals surface area contributed by atoms with Crippen LogP contribution in [0.5, 0.6) is 11.5 Å². The number of likely N-dealkylation sites (tertiary alicyclic amines) is 1. The van der Waals surface area contributed by atoms with E-state index in [0.717, 1.165) is 23.3 Å². The predicted molar refractivity (Wildman–Crippen MR) is 125 cm³/mol. The lowest BCUT2D eigenvalue weighted by atomic mass is 10.0. The first kappa shape index (κ1) is 24.1. The van der Waals surface area contributed by atoms with Crippen molar-refractivity contribution in [3.8, 4) is 11.5 Å². The number of methoxy groups -OCH3 is 2. The molecule has 1 saturated heterocycles. The Hall–Kier alpha value is -3.59. The van der Waals surface area contributed by atoms with Crippen LogP contribution in [0, 0.1) is 5.41 Å². The number of rotatable bonds is 9. The summed E-state index contributed by atoms with van der Waals surface area (Å²) in [4.78, 5) is 27.5. The standard InChI is InChI=1S/C24H31N5O4/c1-32-18-9-5-15(6-10-18)12-19(25)24(31)29-11-3-4-20(29)23(30)28-14-17-8-7-16(22(26)27)13-21(17)33-2/h5-10,13,19-20H,3-4,11-12,14,25H2,1-2H3,(H3,26,27)(H,28,30)/t19-,20-/m0/s1. The fourth-order valence-electron chi connectivity index (χ4n) is 3.98. The van der Waals surface area contributed by atoms with Crippen molar-refractivity contribution in [3.63, 3.8) is 0 Å². The Balaban J connectivity index is 1.61. The highest BCUT2D eigenvalue weighted by atomic mass is 16.5. The van der Waals surface area contributed by atoms with Gasteiger partial charge < -0.3 is 31.2 Å². The number of benzene rings is 2. The maximum absolute atomic E-state index is 13.0. The van der Waals surface area contributed by atoms with Gasteiger partial charge in [-0.3, -0.25) is 15.0 Å². The summed E-state index contributed by atoms with van der Waals surface area (Å²) in [7, 11) is 3.12. The van der Waals surface area contributed by atoms with Crippen molar-refractivity contribution in [3.05, 3.63) is 59.2 Å².